The quantitative estimate of drug-likeness (QED) is 0.405. The van der Waals surface area contributed by atoms with Crippen LogP contribution < -0.4 is 0 Å². The van der Waals surface area contributed by atoms with E-state index in [1.165, 1.54) is 10.8 Å². The lowest BCUT2D eigenvalue weighted by Crippen LogP contribution is -2.24. The van der Waals surface area contributed by atoms with Crippen molar-refractivity contribution >= 4 is 22.5 Å². The lowest BCUT2D eigenvalue weighted by atomic mass is 10.3. The molecule has 0 aromatic carbocycles. The van der Waals surface area contributed by atoms with Gasteiger partial charge in [-0.15, -0.1) is 11.7 Å². The summed E-state index contributed by atoms with van der Waals surface area (Å²) in [6.07, 6.45) is -1.29. The van der Waals surface area contributed by atoms with Crippen LogP contribution in [0.5, 0.6) is 0 Å². The minimum atomic E-state index is -0.644. The number of aliphatic hydroxyl groups excluding tert-OH is 2. The molecule has 8 heavy (non-hydrogen) atoms. The van der Waals surface area contributed by atoms with Gasteiger partial charge in [-0.3, -0.25) is 0 Å². The van der Waals surface area contributed by atoms with Crippen molar-refractivity contribution in [3.8, 4) is 0 Å². The highest BCUT2D eigenvalue weighted by atomic mass is 33.1. The highest BCUT2D eigenvalue weighted by Crippen LogP contribution is 2.08. The molecule has 0 saturated carbocycles. The molecular formula is C4H10O2S2. The van der Waals surface area contributed by atoms with Crippen LogP contribution in [0.4, 0.5) is 0 Å². The molecule has 2 atom stereocenters. The molecule has 0 rings (SSSR count). The lowest BCUT2D eigenvalue weighted by Gasteiger charge is -2.09. The Balaban J connectivity index is 3.17. The van der Waals surface area contributed by atoms with Gasteiger partial charge in [-0.2, -0.15) is 0 Å². The first-order valence-electron chi connectivity index (χ1n) is 2.31. The Kier molecular flexibility index (Phi) is 4.84. The fourth-order valence-corrected chi connectivity index (χ4v) is 1.11. The molecule has 0 heterocycles. The van der Waals surface area contributed by atoms with Gasteiger partial charge in [-0.05, 0) is 6.92 Å². The van der Waals surface area contributed by atoms with E-state index in [0.29, 0.717) is 5.75 Å². The third-order valence-electron chi connectivity index (χ3n) is 0.802. The zero-order valence-electron chi connectivity index (χ0n) is 4.61. The van der Waals surface area contributed by atoms with Crippen LogP contribution in [0.1, 0.15) is 6.92 Å². The van der Waals surface area contributed by atoms with E-state index in [2.05, 4.69) is 11.7 Å². The van der Waals surface area contributed by atoms with Crippen molar-refractivity contribution < 1.29 is 10.2 Å². The Morgan fingerprint density at radius 2 is 2.12 bits per heavy atom. The third kappa shape index (κ3) is 3.60. The van der Waals surface area contributed by atoms with Crippen LogP contribution in [0, 0.1) is 0 Å². The molecule has 0 aliphatic heterocycles. The van der Waals surface area contributed by atoms with Crippen molar-refractivity contribution in [3.05, 3.63) is 0 Å². The smallest absolute Gasteiger partial charge is 0.0894 e. The molecule has 0 radical (unpaired) electrons. The second kappa shape index (κ2) is 4.49. The van der Waals surface area contributed by atoms with E-state index in [-0.39, 0.29) is 0 Å². The number of hydrogen-bond donors (Lipinski definition) is 3. The Hall–Kier alpha value is 0.620. The molecule has 0 spiro atoms. The first-order valence-corrected chi connectivity index (χ1v) is 4.34. The van der Waals surface area contributed by atoms with Gasteiger partial charge in [-0.1, -0.05) is 10.8 Å². The summed E-state index contributed by atoms with van der Waals surface area (Å²) in [7, 11) is 1.22. The molecule has 0 aliphatic rings. The van der Waals surface area contributed by atoms with Crippen LogP contribution in [-0.4, -0.2) is 28.2 Å². The monoisotopic (exact) mass is 154 g/mol. The summed E-state index contributed by atoms with van der Waals surface area (Å²) in [5.74, 6) is 0.473. The van der Waals surface area contributed by atoms with Crippen molar-refractivity contribution in [2.24, 2.45) is 0 Å². The lowest BCUT2D eigenvalue weighted by molar-refractivity contribution is 0.0471. The molecule has 50 valence electrons. The predicted molar refractivity (Wildman–Crippen MR) is 39.1 cm³/mol. The van der Waals surface area contributed by atoms with Crippen LogP contribution in [0.2, 0.25) is 0 Å². The largest absolute Gasteiger partial charge is 0.391 e. The van der Waals surface area contributed by atoms with Crippen LogP contribution in [-0.2, 0) is 0 Å². The molecule has 0 saturated heterocycles. The van der Waals surface area contributed by atoms with E-state index >= 15 is 0 Å². The van der Waals surface area contributed by atoms with Crippen LogP contribution in [0.15, 0.2) is 0 Å². The van der Waals surface area contributed by atoms with Gasteiger partial charge in [-0.25, -0.2) is 0 Å². The average Bonchev–Trinajstić information content (AvgIpc) is 1.67. The number of rotatable bonds is 3. The molecule has 0 bridgehead atoms. The van der Waals surface area contributed by atoms with E-state index < -0.39 is 12.2 Å². The van der Waals surface area contributed by atoms with Crippen molar-refractivity contribution in [1.29, 1.82) is 0 Å². The summed E-state index contributed by atoms with van der Waals surface area (Å²) in [5, 5.41) is 17.5. The maximum absolute atomic E-state index is 8.81. The number of hydrogen-bond acceptors (Lipinski definition) is 4. The molecular weight excluding hydrogens is 144 g/mol. The van der Waals surface area contributed by atoms with E-state index in [4.69, 9.17) is 10.2 Å². The van der Waals surface area contributed by atoms with Gasteiger partial charge in [0.15, 0.2) is 0 Å². The highest BCUT2D eigenvalue weighted by molar-refractivity contribution is 8.68. The molecule has 0 aliphatic carbocycles. The molecule has 2 nitrogen and oxygen atoms in total. The first-order chi connectivity index (χ1) is 3.68. The summed E-state index contributed by atoms with van der Waals surface area (Å²) in [6, 6.07) is 0. The van der Waals surface area contributed by atoms with Crippen molar-refractivity contribution in [2.75, 3.05) is 5.75 Å². The Labute approximate surface area is 58.1 Å². The van der Waals surface area contributed by atoms with Crippen molar-refractivity contribution in [1.82, 2.24) is 0 Å². The molecule has 0 aromatic heterocycles. The Morgan fingerprint density at radius 1 is 1.62 bits per heavy atom. The SMILES string of the molecule is CC(O)C(O)CSS. The third-order valence-corrected chi connectivity index (χ3v) is 1.74. The van der Waals surface area contributed by atoms with Crippen LogP contribution >= 0.6 is 22.5 Å². The van der Waals surface area contributed by atoms with Crippen LogP contribution in [0.25, 0.3) is 0 Å². The fourth-order valence-electron chi connectivity index (χ4n) is 0.216. The molecule has 2 N–H and O–H groups in total. The Morgan fingerprint density at radius 3 is 2.25 bits per heavy atom. The van der Waals surface area contributed by atoms with Crippen molar-refractivity contribution in [2.45, 2.75) is 19.1 Å². The molecule has 0 amide bonds. The van der Waals surface area contributed by atoms with Gasteiger partial charge < -0.3 is 10.2 Å². The van der Waals surface area contributed by atoms with Gasteiger partial charge in [0.25, 0.3) is 0 Å². The fraction of sp³-hybridized carbons (Fsp3) is 1.00. The Bertz CT molecular complexity index is 58.0. The van der Waals surface area contributed by atoms with E-state index in [1.54, 1.807) is 6.92 Å². The second-order valence-corrected chi connectivity index (χ2v) is 2.97. The predicted octanol–water partition coefficient (Wildman–Crippen LogP) is 0.306. The molecule has 0 aromatic rings. The van der Waals surface area contributed by atoms with Gasteiger partial charge in [0.1, 0.15) is 0 Å². The summed E-state index contributed by atoms with van der Waals surface area (Å²) in [5.41, 5.74) is 0. The molecule has 4 heteroatoms. The van der Waals surface area contributed by atoms with Crippen LogP contribution in [0.3, 0.4) is 0 Å². The normalized spacial score (nSPS) is 18.0. The average molecular weight is 154 g/mol. The van der Waals surface area contributed by atoms with Gasteiger partial charge in [0.2, 0.25) is 0 Å². The first kappa shape index (κ1) is 8.62. The second-order valence-electron chi connectivity index (χ2n) is 1.60. The molecule has 0 fully saturated rings. The zero-order valence-corrected chi connectivity index (χ0v) is 6.32. The number of aliphatic hydroxyl groups is 2. The number of thiol groups is 1. The zero-order chi connectivity index (χ0) is 6.57. The van der Waals surface area contributed by atoms with Gasteiger partial charge in [0.05, 0.1) is 12.2 Å². The summed E-state index contributed by atoms with van der Waals surface area (Å²) >= 11 is 3.80. The summed E-state index contributed by atoms with van der Waals surface area (Å²) in [4.78, 5) is 0. The van der Waals surface area contributed by atoms with E-state index in [9.17, 15) is 0 Å². The highest BCUT2D eigenvalue weighted by Gasteiger charge is 2.08. The van der Waals surface area contributed by atoms with E-state index in [1.807, 2.05) is 0 Å². The van der Waals surface area contributed by atoms with Gasteiger partial charge in [0, 0.05) is 5.75 Å². The minimum absolute atomic E-state index is 0.473. The maximum atomic E-state index is 8.81. The minimum Gasteiger partial charge on any atom is -0.391 e. The van der Waals surface area contributed by atoms with Gasteiger partial charge >= 0.3 is 0 Å². The maximum Gasteiger partial charge on any atom is 0.0894 e. The standard InChI is InChI=1S/C4H10O2S2/c1-3(5)4(6)2-8-7/h3-7H,2H2,1H3. The van der Waals surface area contributed by atoms with Crippen molar-refractivity contribution in [3.63, 3.8) is 0 Å². The van der Waals surface area contributed by atoms with E-state index in [0.717, 1.165) is 0 Å². The topological polar surface area (TPSA) is 40.5 Å². The summed E-state index contributed by atoms with van der Waals surface area (Å²) < 4.78 is 0. The molecule has 2 unspecified atom stereocenters. The summed E-state index contributed by atoms with van der Waals surface area (Å²) in [6.45, 7) is 1.55.